The van der Waals surface area contributed by atoms with Crippen LogP contribution in [0.2, 0.25) is 0 Å². The average Bonchev–Trinajstić information content (AvgIpc) is 2.85. The van der Waals surface area contributed by atoms with Gasteiger partial charge in [-0.15, -0.1) is 0 Å². The van der Waals surface area contributed by atoms with Crippen molar-refractivity contribution < 1.29 is 13.9 Å². The maximum Gasteiger partial charge on any atom is 0.170 e. The third kappa shape index (κ3) is 2.28. The zero-order valence-electron chi connectivity index (χ0n) is 8.69. The molecule has 0 unspecified atom stereocenters. The smallest absolute Gasteiger partial charge is 0.170 e. The van der Waals surface area contributed by atoms with Gasteiger partial charge in [-0.25, -0.2) is 0 Å². The van der Waals surface area contributed by atoms with Crippen LogP contribution in [0.15, 0.2) is 0 Å². The van der Waals surface area contributed by atoms with E-state index < -0.39 is 15.3 Å². The number of carbonyl (C=O) groups is 1. The zero-order valence-corrected chi connectivity index (χ0v) is 9.51. The van der Waals surface area contributed by atoms with Crippen molar-refractivity contribution in [1.29, 1.82) is 0 Å². The molecule has 84 valence electrons. The molecule has 0 aromatic rings. The SMILES string of the molecule is CC(C)(C(=O)CN)S(O)(O)CC1CC1. The lowest BCUT2D eigenvalue weighted by Crippen LogP contribution is -2.42. The van der Waals surface area contributed by atoms with Gasteiger partial charge in [-0.1, -0.05) is 0 Å². The number of carbonyl (C=O) groups excluding carboxylic acids is 1. The maximum atomic E-state index is 11.5. The van der Waals surface area contributed by atoms with E-state index in [9.17, 15) is 13.9 Å². The summed E-state index contributed by atoms with van der Waals surface area (Å²) in [5, 5.41) is 0. The van der Waals surface area contributed by atoms with Crippen LogP contribution in [0, 0.1) is 5.92 Å². The predicted octanol–water partition coefficient (Wildman–Crippen LogP) is 1.45. The molecule has 14 heavy (non-hydrogen) atoms. The van der Waals surface area contributed by atoms with E-state index >= 15 is 0 Å². The lowest BCUT2D eigenvalue weighted by atomic mass is 10.1. The van der Waals surface area contributed by atoms with Gasteiger partial charge < -0.3 is 5.73 Å². The minimum Gasteiger partial charge on any atom is -0.324 e. The number of hydrogen-bond donors (Lipinski definition) is 3. The minimum atomic E-state index is -2.84. The molecule has 0 amide bonds. The Kier molecular flexibility index (Phi) is 3.26. The van der Waals surface area contributed by atoms with Crippen LogP contribution >= 0.6 is 10.6 Å². The molecule has 1 aliphatic rings. The van der Waals surface area contributed by atoms with Crippen molar-refractivity contribution in [3.05, 3.63) is 0 Å². The lowest BCUT2D eigenvalue weighted by Gasteiger charge is -2.45. The van der Waals surface area contributed by atoms with Gasteiger partial charge in [0.05, 0.1) is 6.54 Å². The maximum absolute atomic E-state index is 11.5. The third-order valence-electron chi connectivity index (χ3n) is 2.84. The van der Waals surface area contributed by atoms with Gasteiger partial charge in [0, 0.05) is 5.75 Å². The van der Waals surface area contributed by atoms with Crippen molar-refractivity contribution in [2.24, 2.45) is 11.7 Å². The molecule has 0 atom stereocenters. The summed E-state index contributed by atoms with van der Waals surface area (Å²) in [5.41, 5.74) is 5.24. The predicted molar refractivity (Wildman–Crippen MR) is 58.6 cm³/mol. The molecule has 0 saturated heterocycles. The van der Waals surface area contributed by atoms with Gasteiger partial charge in [-0.05, 0) is 32.6 Å². The monoisotopic (exact) mass is 221 g/mol. The molecule has 0 bridgehead atoms. The second-order valence-electron chi connectivity index (χ2n) is 4.41. The summed E-state index contributed by atoms with van der Waals surface area (Å²) in [6.45, 7) is 3.01. The molecule has 0 radical (unpaired) electrons. The molecule has 0 aromatic carbocycles. The van der Waals surface area contributed by atoms with Gasteiger partial charge >= 0.3 is 0 Å². The van der Waals surface area contributed by atoms with E-state index in [4.69, 9.17) is 5.73 Å². The number of ketones is 1. The van der Waals surface area contributed by atoms with Crippen molar-refractivity contribution in [1.82, 2.24) is 0 Å². The Morgan fingerprint density at radius 2 is 2.00 bits per heavy atom. The first-order valence-electron chi connectivity index (χ1n) is 4.80. The van der Waals surface area contributed by atoms with Crippen LogP contribution in [0.4, 0.5) is 0 Å². The van der Waals surface area contributed by atoms with Crippen LogP contribution in [0.5, 0.6) is 0 Å². The first-order chi connectivity index (χ1) is 6.31. The molecular weight excluding hydrogens is 202 g/mol. The molecule has 1 fully saturated rings. The molecule has 0 heterocycles. The van der Waals surface area contributed by atoms with E-state index in [2.05, 4.69) is 0 Å². The summed E-state index contributed by atoms with van der Waals surface area (Å²) in [4.78, 5) is 11.5. The van der Waals surface area contributed by atoms with Crippen LogP contribution in [-0.2, 0) is 4.79 Å². The van der Waals surface area contributed by atoms with Crippen molar-refractivity contribution in [2.75, 3.05) is 12.3 Å². The molecule has 0 aliphatic heterocycles. The van der Waals surface area contributed by atoms with E-state index in [0.29, 0.717) is 11.7 Å². The molecule has 1 rings (SSSR count). The van der Waals surface area contributed by atoms with Crippen molar-refractivity contribution in [3.63, 3.8) is 0 Å². The first-order valence-corrected chi connectivity index (χ1v) is 6.51. The van der Waals surface area contributed by atoms with Gasteiger partial charge in [-0.2, -0.15) is 10.6 Å². The van der Waals surface area contributed by atoms with Gasteiger partial charge in [0.15, 0.2) is 5.78 Å². The number of rotatable bonds is 5. The Balaban J connectivity index is 2.70. The van der Waals surface area contributed by atoms with Crippen LogP contribution in [0.1, 0.15) is 26.7 Å². The molecule has 4 nitrogen and oxygen atoms in total. The number of hydrogen-bond acceptors (Lipinski definition) is 4. The van der Waals surface area contributed by atoms with E-state index in [-0.39, 0.29) is 12.3 Å². The molecule has 5 heteroatoms. The molecule has 4 N–H and O–H groups in total. The Hall–Kier alpha value is -0.100. The Morgan fingerprint density at radius 1 is 1.50 bits per heavy atom. The molecular formula is C9H19NO3S. The Labute approximate surface area is 86.2 Å². The zero-order chi connectivity index (χ0) is 11.0. The number of Topliss-reactive ketones (excluding diaryl/α,β-unsaturated/α-hetero) is 1. The fraction of sp³-hybridized carbons (Fsp3) is 0.889. The summed E-state index contributed by atoms with van der Waals surface area (Å²) >= 11 is 0. The van der Waals surface area contributed by atoms with Gasteiger partial charge in [0.2, 0.25) is 0 Å². The van der Waals surface area contributed by atoms with Gasteiger partial charge in [0.1, 0.15) is 4.75 Å². The minimum absolute atomic E-state index is 0.131. The first kappa shape index (κ1) is 12.0. The van der Waals surface area contributed by atoms with E-state index in [0.717, 1.165) is 12.8 Å². The third-order valence-corrected chi connectivity index (χ3v) is 5.64. The summed E-state index contributed by atoms with van der Waals surface area (Å²) in [6, 6.07) is 0. The van der Waals surface area contributed by atoms with E-state index in [1.165, 1.54) is 0 Å². The normalized spacial score (nSPS) is 19.5. The van der Waals surface area contributed by atoms with Crippen LogP contribution in [0.25, 0.3) is 0 Å². The topological polar surface area (TPSA) is 83.6 Å². The average molecular weight is 221 g/mol. The Morgan fingerprint density at radius 3 is 2.36 bits per heavy atom. The highest BCUT2D eigenvalue weighted by molar-refractivity contribution is 8.26. The van der Waals surface area contributed by atoms with Crippen LogP contribution in [0.3, 0.4) is 0 Å². The van der Waals surface area contributed by atoms with Gasteiger partial charge in [0.25, 0.3) is 0 Å². The highest BCUT2D eigenvalue weighted by Crippen LogP contribution is 2.56. The van der Waals surface area contributed by atoms with Crippen LogP contribution < -0.4 is 5.73 Å². The quantitative estimate of drug-likeness (QED) is 0.656. The molecule has 1 saturated carbocycles. The number of nitrogens with two attached hydrogens (primary N) is 1. The lowest BCUT2D eigenvalue weighted by molar-refractivity contribution is -0.119. The van der Waals surface area contributed by atoms with Crippen molar-refractivity contribution >= 4 is 16.4 Å². The summed E-state index contributed by atoms with van der Waals surface area (Å²) < 4.78 is 18.7. The summed E-state index contributed by atoms with van der Waals surface area (Å²) in [6.07, 6.45) is 2.09. The van der Waals surface area contributed by atoms with E-state index in [1.807, 2.05) is 0 Å². The largest absolute Gasteiger partial charge is 0.324 e. The fourth-order valence-electron chi connectivity index (χ4n) is 1.25. The molecule has 0 aromatic heterocycles. The molecule has 0 spiro atoms. The Bertz CT molecular complexity index is 236. The fourth-order valence-corrected chi connectivity index (χ4v) is 3.10. The van der Waals surface area contributed by atoms with Gasteiger partial charge in [-0.3, -0.25) is 13.9 Å². The summed E-state index contributed by atoms with van der Waals surface area (Å²) in [7, 11) is -2.84. The summed E-state index contributed by atoms with van der Waals surface area (Å²) in [5.74, 6) is 0.467. The van der Waals surface area contributed by atoms with Crippen molar-refractivity contribution in [3.8, 4) is 0 Å². The highest BCUT2D eigenvalue weighted by Gasteiger charge is 2.43. The molecule has 1 aliphatic carbocycles. The second-order valence-corrected chi connectivity index (χ2v) is 7.10. The van der Waals surface area contributed by atoms with E-state index in [1.54, 1.807) is 13.8 Å². The standard InChI is InChI=1S/C9H19NO3S/c1-9(2,8(11)5-10)14(12,13)6-7-3-4-7/h7,12-13H,3-6,10H2,1-2H3. The van der Waals surface area contributed by atoms with Crippen molar-refractivity contribution in [2.45, 2.75) is 31.4 Å². The highest BCUT2D eigenvalue weighted by atomic mass is 32.3. The second kappa shape index (κ2) is 3.81. The van der Waals surface area contributed by atoms with Crippen LogP contribution in [-0.4, -0.2) is 31.9 Å².